The lowest BCUT2D eigenvalue weighted by atomic mass is 10.1. The Morgan fingerprint density at radius 2 is 1.85 bits per heavy atom. The first-order valence-electron chi connectivity index (χ1n) is 6.45. The summed E-state index contributed by atoms with van der Waals surface area (Å²) in [5.74, 6) is -1.73. The molecule has 0 aliphatic heterocycles. The summed E-state index contributed by atoms with van der Waals surface area (Å²) in [6, 6.07) is 11.6. The van der Waals surface area contributed by atoms with Crippen molar-refractivity contribution in [2.24, 2.45) is 5.10 Å². The van der Waals surface area contributed by atoms with Gasteiger partial charge in [0.2, 0.25) is 0 Å². The molecule has 0 aliphatic rings. The molecular formula is C16H16F2N2. The van der Waals surface area contributed by atoms with Crippen molar-refractivity contribution >= 4 is 11.4 Å². The third kappa shape index (κ3) is 3.20. The number of benzene rings is 2. The highest BCUT2D eigenvalue weighted by atomic mass is 19.2. The van der Waals surface area contributed by atoms with Crippen LogP contribution in [0.2, 0.25) is 0 Å². The summed E-state index contributed by atoms with van der Waals surface area (Å²) in [6.45, 7) is 3.81. The second-order valence-electron chi connectivity index (χ2n) is 4.45. The summed E-state index contributed by atoms with van der Waals surface area (Å²) in [5, 5.41) is 4.22. The highest BCUT2D eigenvalue weighted by molar-refractivity contribution is 5.99. The molecule has 4 heteroatoms. The number of rotatable bonds is 4. The van der Waals surface area contributed by atoms with E-state index in [2.05, 4.69) is 17.5 Å². The van der Waals surface area contributed by atoms with Crippen LogP contribution in [0.3, 0.4) is 0 Å². The number of para-hydroxylation sites is 1. The Kier molecular flexibility index (Phi) is 4.45. The Hall–Kier alpha value is -2.23. The van der Waals surface area contributed by atoms with Gasteiger partial charge in [-0.15, -0.1) is 0 Å². The molecule has 0 atom stereocenters. The highest BCUT2D eigenvalue weighted by Gasteiger charge is 2.05. The summed E-state index contributed by atoms with van der Waals surface area (Å²) in [4.78, 5) is 0. The van der Waals surface area contributed by atoms with E-state index in [0.29, 0.717) is 11.3 Å². The molecule has 0 unspecified atom stereocenters. The lowest BCUT2D eigenvalue weighted by Gasteiger charge is -2.08. The van der Waals surface area contributed by atoms with Gasteiger partial charge in [-0.25, -0.2) is 8.78 Å². The van der Waals surface area contributed by atoms with Crippen molar-refractivity contribution < 1.29 is 8.78 Å². The highest BCUT2D eigenvalue weighted by Crippen LogP contribution is 2.16. The topological polar surface area (TPSA) is 24.4 Å². The van der Waals surface area contributed by atoms with Crippen LogP contribution >= 0.6 is 0 Å². The minimum absolute atomic E-state index is 0.547. The number of nitrogens with one attached hydrogen (secondary N) is 1. The van der Waals surface area contributed by atoms with E-state index < -0.39 is 11.6 Å². The average molecular weight is 274 g/mol. The van der Waals surface area contributed by atoms with Crippen LogP contribution in [0.4, 0.5) is 14.5 Å². The molecule has 0 heterocycles. The van der Waals surface area contributed by atoms with Gasteiger partial charge in [-0.3, -0.25) is 5.43 Å². The number of hydrogen-bond acceptors (Lipinski definition) is 2. The van der Waals surface area contributed by atoms with Crippen molar-refractivity contribution in [1.82, 2.24) is 0 Å². The van der Waals surface area contributed by atoms with Crippen LogP contribution in [0.5, 0.6) is 0 Å². The second kappa shape index (κ2) is 6.28. The number of nitrogens with zero attached hydrogens (tertiary/aromatic N) is 1. The lowest BCUT2D eigenvalue weighted by Crippen LogP contribution is -2.02. The Labute approximate surface area is 117 Å². The lowest BCUT2D eigenvalue weighted by molar-refractivity contribution is 0.508. The maximum Gasteiger partial charge on any atom is 0.159 e. The van der Waals surface area contributed by atoms with Gasteiger partial charge in [0.05, 0.1) is 11.4 Å². The molecular weight excluding hydrogens is 258 g/mol. The first-order valence-corrected chi connectivity index (χ1v) is 6.45. The van der Waals surface area contributed by atoms with Crippen LogP contribution in [-0.2, 0) is 6.42 Å². The summed E-state index contributed by atoms with van der Waals surface area (Å²) in [6.07, 6.45) is 0.892. The summed E-state index contributed by atoms with van der Waals surface area (Å²) in [5.41, 5.74) is 6.17. The molecule has 20 heavy (non-hydrogen) atoms. The van der Waals surface area contributed by atoms with Crippen molar-refractivity contribution in [1.29, 1.82) is 0 Å². The van der Waals surface area contributed by atoms with Crippen LogP contribution in [0, 0.1) is 11.6 Å². The molecule has 2 nitrogen and oxygen atoms in total. The van der Waals surface area contributed by atoms with Crippen molar-refractivity contribution in [2.45, 2.75) is 20.3 Å². The van der Waals surface area contributed by atoms with Crippen molar-refractivity contribution in [2.75, 3.05) is 5.43 Å². The maximum atomic E-state index is 13.2. The van der Waals surface area contributed by atoms with E-state index >= 15 is 0 Å². The molecule has 0 radical (unpaired) electrons. The standard InChI is InChI=1S/C16H16F2N2/c1-3-12-6-4-5-7-16(12)20-19-11(2)13-8-9-14(17)15(18)10-13/h4-10,20H,3H2,1-2H3/b19-11+. The molecule has 104 valence electrons. The van der Waals surface area contributed by atoms with E-state index in [9.17, 15) is 8.78 Å². The van der Waals surface area contributed by atoms with Crippen molar-refractivity contribution in [3.8, 4) is 0 Å². The van der Waals surface area contributed by atoms with Crippen molar-refractivity contribution in [3.63, 3.8) is 0 Å². The smallest absolute Gasteiger partial charge is 0.159 e. The monoisotopic (exact) mass is 274 g/mol. The number of aryl methyl sites for hydroxylation is 1. The predicted molar refractivity (Wildman–Crippen MR) is 78.0 cm³/mol. The molecule has 0 saturated carbocycles. The molecule has 2 aromatic rings. The SMILES string of the molecule is CCc1ccccc1N/N=C(\C)c1ccc(F)c(F)c1. The fourth-order valence-corrected chi connectivity index (χ4v) is 1.87. The van der Waals surface area contributed by atoms with E-state index in [1.165, 1.54) is 6.07 Å². The van der Waals surface area contributed by atoms with Crippen LogP contribution in [-0.4, -0.2) is 5.71 Å². The second-order valence-corrected chi connectivity index (χ2v) is 4.45. The Morgan fingerprint density at radius 3 is 2.55 bits per heavy atom. The zero-order valence-corrected chi connectivity index (χ0v) is 11.5. The predicted octanol–water partition coefficient (Wildman–Crippen LogP) is 4.36. The van der Waals surface area contributed by atoms with Crippen LogP contribution in [0.15, 0.2) is 47.6 Å². The minimum atomic E-state index is -0.869. The maximum absolute atomic E-state index is 13.2. The van der Waals surface area contributed by atoms with E-state index in [0.717, 1.165) is 29.8 Å². The Balaban J connectivity index is 2.20. The van der Waals surface area contributed by atoms with Gasteiger partial charge in [-0.05, 0) is 43.2 Å². The average Bonchev–Trinajstić information content (AvgIpc) is 2.47. The molecule has 0 saturated heterocycles. The first kappa shape index (κ1) is 14.2. The summed E-state index contributed by atoms with van der Waals surface area (Å²) in [7, 11) is 0. The third-order valence-electron chi connectivity index (χ3n) is 3.08. The molecule has 2 rings (SSSR count). The molecule has 0 spiro atoms. The van der Waals surface area contributed by atoms with Gasteiger partial charge in [0.25, 0.3) is 0 Å². The normalized spacial score (nSPS) is 11.5. The van der Waals surface area contributed by atoms with Crippen LogP contribution in [0.25, 0.3) is 0 Å². The van der Waals surface area contributed by atoms with Crippen LogP contribution < -0.4 is 5.43 Å². The molecule has 0 fully saturated rings. The van der Waals surface area contributed by atoms with E-state index in [4.69, 9.17) is 0 Å². The molecule has 0 aromatic heterocycles. The van der Waals surface area contributed by atoms with E-state index in [1.54, 1.807) is 6.92 Å². The van der Waals surface area contributed by atoms with Gasteiger partial charge in [0, 0.05) is 5.56 Å². The zero-order chi connectivity index (χ0) is 14.5. The number of anilines is 1. The van der Waals surface area contributed by atoms with Gasteiger partial charge in [0.15, 0.2) is 11.6 Å². The van der Waals surface area contributed by atoms with Gasteiger partial charge in [-0.1, -0.05) is 25.1 Å². The third-order valence-corrected chi connectivity index (χ3v) is 3.08. The number of halogens is 2. The van der Waals surface area contributed by atoms with Crippen molar-refractivity contribution in [3.05, 3.63) is 65.2 Å². The largest absolute Gasteiger partial charge is 0.278 e. The van der Waals surface area contributed by atoms with Crippen LogP contribution in [0.1, 0.15) is 25.0 Å². The zero-order valence-electron chi connectivity index (χ0n) is 11.5. The first-order chi connectivity index (χ1) is 9.61. The van der Waals surface area contributed by atoms with Gasteiger partial charge < -0.3 is 0 Å². The van der Waals surface area contributed by atoms with Gasteiger partial charge >= 0.3 is 0 Å². The molecule has 0 bridgehead atoms. The molecule has 2 aromatic carbocycles. The Bertz CT molecular complexity index is 636. The fraction of sp³-hybridized carbons (Fsp3) is 0.188. The number of hydrazone groups is 1. The minimum Gasteiger partial charge on any atom is -0.278 e. The molecule has 0 amide bonds. The fourth-order valence-electron chi connectivity index (χ4n) is 1.87. The van der Waals surface area contributed by atoms with E-state index in [1.807, 2.05) is 24.3 Å². The quantitative estimate of drug-likeness (QED) is 0.650. The van der Waals surface area contributed by atoms with Gasteiger partial charge in [-0.2, -0.15) is 5.10 Å². The van der Waals surface area contributed by atoms with E-state index in [-0.39, 0.29) is 0 Å². The molecule has 1 N–H and O–H groups in total. The Morgan fingerprint density at radius 1 is 1.10 bits per heavy atom. The number of hydrogen-bond donors (Lipinski definition) is 1. The van der Waals surface area contributed by atoms with Gasteiger partial charge in [0.1, 0.15) is 0 Å². The molecule has 0 aliphatic carbocycles. The summed E-state index contributed by atoms with van der Waals surface area (Å²) < 4.78 is 26.1. The summed E-state index contributed by atoms with van der Waals surface area (Å²) >= 11 is 0.